The van der Waals surface area contributed by atoms with Crippen LogP contribution in [-0.4, -0.2) is 5.78 Å². The maximum Gasteiger partial charge on any atom is 0.165 e. The van der Waals surface area contributed by atoms with Gasteiger partial charge in [0.25, 0.3) is 0 Å². The number of carbonyl (C=O) groups excluding carboxylic acids is 1. The molecule has 0 saturated heterocycles. The predicted molar refractivity (Wildman–Crippen MR) is 68.5 cm³/mol. The van der Waals surface area contributed by atoms with Gasteiger partial charge in [0.2, 0.25) is 0 Å². The summed E-state index contributed by atoms with van der Waals surface area (Å²) < 4.78 is 5.28. The average Bonchev–Trinajstić information content (AvgIpc) is 2.83. The summed E-state index contributed by atoms with van der Waals surface area (Å²) in [6.07, 6.45) is 6.41. The van der Waals surface area contributed by atoms with E-state index in [4.69, 9.17) is 4.42 Å². The van der Waals surface area contributed by atoms with Crippen molar-refractivity contribution in [3.05, 3.63) is 29.7 Å². The van der Waals surface area contributed by atoms with Gasteiger partial charge in [-0.25, -0.2) is 0 Å². The SMILES string of the molecule is CCC1(C)C(=O)C(=Cc2ccco2)CCC1C. The van der Waals surface area contributed by atoms with Crippen LogP contribution in [0.15, 0.2) is 28.4 Å². The van der Waals surface area contributed by atoms with E-state index in [-0.39, 0.29) is 5.41 Å². The highest BCUT2D eigenvalue weighted by molar-refractivity contribution is 6.03. The van der Waals surface area contributed by atoms with E-state index in [0.29, 0.717) is 11.7 Å². The molecule has 1 aliphatic carbocycles. The third kappa shape index (κ3) is 2.08. The van der Waals surface area contributed by atoms with Crippen LogP contribution in [0.3, 0.4) is 0 Å². The lowest BCUT2D eigenvalue weighted by molar-refractivity contribution is -0.128. The summed E-state index contributed by atoms with van der Waals surface area (Å²) >= 11 is 0. The van der Waals surface area contributed by atoms with E-state index in [1.54, 1.807) is 6.26 Å². The van der Waals surface area contributed by atoms with Gasteiger partial charge in [0.15, 0.2) is 5.78 Å². The van der Waals surface area contributed by atoms with Gasteiger partial charge in [-0.3, -0.25) is 4.79 Å². The van der Waals surface area contributed by atoms with Gasteiger partial charge in [0.1, 0.15) is 5.76 Å². The number of Topliss-reactive ketones (excluding diaryl/α,β-unsaturated/α-hetero) is 1. The molecule has 1 aliphatic rings. The van der Waals surface area contributed by atoms with Crippen molar-refractivity contribution >= 4 is 11.9 Å². The van der Waals surface area contributed by atoms with Crippen LogP contribution in [0.25, 0.3) is 6.08 Å². The topological polar surface area (TPSA) is 30.2 Å². The first-order valence-electron chi connectivity index (χ1n) is 6.37. The molecule has 2 heteroatoms. The zero-order chi connectivity index (χ0) is 12.5. The minimum Gasteiger partial charge on any atom is -0.465 e. The molecule has 0 radical (unpaired) electrons. The van der Waals surface area contributed by atoms with E-state index in [0.717, 1.165) is 30.6 Å². The van der Waals surface area contributed by atoms with Gasteiger partial charge in [0.05, 0.1) is 6.26 Å². The molecule has 1 aromatic rings. The molecule has 0 aliphatic heterocycles. The monoisotopic (exact) mass is 232 g/mol. The quantitative estimate of drug-likeness (QED) is 0.719. The first-order valence-corrected chi connectivity index (χ1v) is 6.37. The molecule has 1 fully saturated rings. The highest BCUT2D eigenvalue weighted by Crippen LogP contribution is 2.43. The minimum absolute atomic E-state index is 0.198. The van der Waals surface area contributed by atoms with Crippen LogP contribution in [-0.2, 0) is 4.79 Å². The van der Waals surface area contributed by atoms with Crippen molar-refractivity contribution in [2.75, 3.05) is 0 Å². The van der Waals surface area contributed by atoms with Crippen LogP contribution >= 0.6 is 0 Å². The Hall–Kier alpha value is -1.31. The average molecular weight is 232 g/mol. The first-order chi connectivity index (χ1) is 8.08. The van der Waals surface area contributed by atoms with E-state index in [2.05, 4.69) is 20.8 Å². The van der Waals surface area contributed by atoms with E-state index in [1.165, 1.54) is 0 Å². The van der Waals surface area contributed by atoms with Gasteiger partial charge < -0.3 is 4.42 Å². The molecule has 2 unspecified atom stereocenters. The standard InChI is InChI=1S/C15H20O2/c1-4-15(3)11(2)7-8-12(14(15)16)10-13-6-5-9-17-13/h5-6,9-11H,4,7-8H2,1-3H3. The zero-order valence-electron chi connectivity index (χ0n) is 10.8. The molecule has 0 spiro atoms. The summed E-state index contributed by atoms with van der Waals surface area (Å²) in [5, 5.41) is 0. The summed E-state index contributed by atoms with van der Waals surface area (Å²) in [7, 11) is 0. The Morgan fingerprint density at radius 3 is 2.94 bits per heavy atom. The summed E-state index contributed by atoms with van der Waals surface area (Å²) in [6, 6.07) is 3.74. The van der Waals surface area contributed by atoms with Crippen molar-refractivity contribution in [3.63, 3.8) is 0 Å². The van der Waals surface area contributed by atoms with E-state index < -0.39 is 0 Å². The lowest BCUT2D eigenvalue weighted by Crippen LogP contribution is -2.38. The second kappa shape index (κ2) is 4.52. The summed E-state index contributed by atoms with van der Waals surface area (Å²) in [5.41, 5.74) is 0.721. The van der Waals surface area contributed by atoms with Crippen molar-refractivity contribution in [1.29, 1.82) is 0 Å². The fraction of sp³-hybridized carbons (Fsp3) is 0.533. The van der Waals surface area contributed by atoms with Crippen molar-refractivity contribution in [2.45, 2.75) is 40.0 Å². The maximum atomic E-state index is 12.5. The second-order valence-corrected chi connectivity index (χ2v) is 5.22. The first kappa shape index (κ1) is 12.2. The molecule has 2 nitrogen and oxygen atoms in total. The molecule has 0 N–H and O–H groups in total. The van der Waals surface area contributed by atoms with Crippen molar-refractivity contribution in [2.24, 2.45) is 11.3 Å². The molecule has 92 valence electrons. The predicted octanol–water partition coefficient (Wildman–Crippen LogP) is 4.08. The number of hydrogen-bond acceptors (Lipinski definition) is 2. The Morgan fingerprint density at radius 2 is 2.35 bits per heavy atom. The van der Waals surface area contributed by atoms with Gasteiger partial charge in [-0.2, -0.15) is 0 Å². The molecule has 0 aromatic carbocycles. The van der Waals surface area contributed by atoms with Crippen LogP contribution in [0.1, 0.15) is 45.8 Å². The third-order valence-corrected chi connectivity index (χ3v) is 4.34. The van der Waals surface area contributed by atoms with E-state index >= 15 is 0 Å². The summed E-state index contributed by atoms with van der Waals surface area (Å²) in [5.74, 6) is 1.55. The molecule has 0 amide bonds. The molecule has 0 bridgehead atoms. The Labute approximate surface area is 103 Å². The van der Waals surface area contributed by atoms with Crippen LogP contribution in [0.4, 0.5) is 0 Å². The van der Waals surface area contributed by atoms with Crippen LogP contribution < -0.4 is 0 Å². The lowest BCUT2D eigenvalue weighted by Gasteiger charge is -2.38. The van der Waals surface area contributed by atoms with E-state index in [1.807, 2.05) is 18.2 Å². The minimum atomic E-state index is -0.198. The smallest absolute Gasteiger partial charge is 0.165 e. The number of rotatable bonds is 2. The molecule has 2 atom stereocenters. The fourth-order valence-electron chi connectivity index (χ4n) is 2.59. The zero-order valence-corrected chi connectivity index (χ0v) is 10.8. The number of furan rings is 1. The van der Waals surface area contributed by atoms with Crippen molar-refractivity contribution < 1.29 is 9.21 Å². The second-order valence-electron chi connectivity index (χ2n) is 5.22. The molecular weight excluding hydrogens is 212 g/mol. The Bertz CT molecular complexity index is 428. The van der Waals surface area contributed by atoms with Gasteiger partial charge in [0, 0.05) is 5.41 Å². The van der Waals surface area contributed by atoms with Gasteiger partial charge >= 0.3 is 0 Å². The highest BCUT2D eigenvalue weighted by atomic mass is 16.3. The summed E-state index contributed by atoms with van der Waals surface area (Å²) in [6.45, 7) is 6.38. The van der Waals surface area contributed by atoms with Crippen LogP contribution in [0.2, 0.25) is 0 Å². The molecule has 17 heavy (non-hydrogen) atoms. The van der Waals surface area contributed by atoms with Crippen LogP contribution in [0.5, 0.6) is 0 Å². The largest absolute Gasteiger partial charge is 0.465 e. The molecular formula is C15H20O2. The Kier molecular flexibility index (Phi) is 3.23. The third-order valence-electron chi connectivity index (χ3n) is 4.34. The molecule has 1 saturated carbocycles. The van der Waals surface area contributed by atoms with Crippen molar-refractivity contribution in [3.8, 4) is 0 Å². The molecule has 2 rings (SSSR count). The van der Waals surface area contributed by atoms with Crippen LogP contribution in [0, 0.1) is 11.3 Å². The highest BCUT2D eigenvalue weighted by Gasteiger charge is 2.41. The number of hydrogen-bond donors (Lipinski definition) is 0. The van der Waals surface area contributed by atoms with E-state index in [9.17, 15) is 4.79 Å². The Balaban J connectivity index is 2.30. The van der Waals surface area contributed by atoms with Gasteiger partial charge in [-0.1, -0.05) is 20.8 Å². The normalized spacial score (nSPS) is 32.1. The number of ketones is 1. The molecule has 1 heterocycles. The fourth-order valence-corrected chi connectivity index (χ4v) is 2.59. The number of allylic oxidation sites excluding steroid dienone is 1. The summed E-state index contributed by atoms with van der Waals surface area (Å²) in [4.78, 5) is 12.5. The van der Waals surface area contributed by atoms with Gasteiger partial charge in [-0.15, -0.1) is 0 Å². The maximum absolute atomic E-state index is 12.5. The van der Waals surface area contributed by atoms with Crippen molar-refractivity contribution in [1.82, 2.24) is 0 Å². The lowest BCUT2D eigenvalue weighted by atomic mass is 9.64. The van der Waals surface area contributed by atoms with Gasteiger partial charge in [-0.05, 0) is 49.0 Å². The Morgan fingerprint density at radius 1 is 1.59 bits per heavy atom. The number of carbonyl (C=O) groups is 1. The molecule has 1 aromatic heterocycles.